The lowest BCUT2D eigenvalue weighted by molar-refractivity contribution is 0.0680. The van der Waals surface area contributed by atoms with E-state index in [2.05, 4.69) is 10.2 Å². The monoisotopic (exact) mass is 393 g/mol. The molecule has 0 N–H and O–H groups in total. The Kier molecular flexibility index (Phi) is 3.94. The zero-order valence-corrected chi connectivity index (χ0v) is 15.6. The van der Waals surface area contributed by atoms with Gasteiger partial charge in [0.1, 0.15) is 17.3 Å². The molecule has 1 aliphatic heterocycles. The normalized spacial score (nSPS) is 13.9. The number of hydrogen-bond acceptors (Lipinski definition) is 3. The molecule has 0 radical (unpaired) electrons. The number of rotatable bonds is 3. The molecule has 3 heterocycles. The van der Waals surface area contributed by atoms with Gasteiger partial charge in [0.15, 0.2) is 0 Å². The third kappa shape index (κ3) is 2.88. The van der Waals surface area contributed by atoms with Gasteiger partial charge in [-0.05, 0) is 35.4 Å². The highest BCUT2D eigenvalue weighted by Crippen LogP contribution is 2.31. The van der Waals surface area contributed by atoms with E-state index in [4.69, 9.17) is 0 Å². The summed E-state index contributed by atoms with van der Waals surface area (Å²) in [5, 5.41) is 9.23. The molecule has 0 saturated heterocycles. The van der Waals surface area contributed by atoms with E-state index in [0.717, 1.165) is 10.9 Å². The van der Waals surface area contributed by atoms with Crippen LogP contribution in [0.3, 0.4) is 0 Å². The zero-order valence-electron chi connectivity index (χ0n) is 15.6. The SMILES string of the molecule is Cn1cc2c(-c3cc(F)c(CN4CCn5nccc5C4=O)c(F)c3)cccc2n1. The van der Waals surface area contributed by atoms with Crippen molar-refractivity contribution in [2.24, 2.45) is 7.05 Å². The van der Waals surface area contributed by atoms with Gasteiger partial charge in [-0.15, -0.1) is 0 Å². The van der Waals surface area contributed by atoms with Crippen LogP contribution in [-0.4, -0.2) is 36.9 Å². The van der Waals surface area contributed by atoms with E-state index < -0.39 is 11.6 Å². The molecule has 1 amide bonds. The van der Waals surface area contributed by atoms with Crippen molar-refractivity contribution in [1.82, 2.24) is 24.5 Å². The number of benzene rings is 2. The van der Waals surface area contributed by atoms with Crippen LogP contribution < -0.4 is 0 Å². The van der Waals surface area contributed by atoms with Gasteiger partial charge >= 0.3 is 0 Å². The molecule has 6 nitrogen and oxygen atoms in total. The van der Waals surface area contributed by atoms with Crippen LogP contribution in [0.2, 0.25) is 0 Å². The fourth-order valence-electron chi connectivity index (χ4n) is 3.84. The fourth-order valence-corrected chi connectivity index (χ4v) is 3.84. The lowest BCUT2D eigenvalue weighted by Crippen LogP contribution is -2.40. The van der Waals surface area contributed by atoms with E-state index in [9.17, 15) is 13.6 Å². The molecule has 2 aromatic heterocycles. The summed E-state index contributed by atoms with van der Waals surface area (Å²) in [6.07, 6.45) is 3.37. The van der Waals surface area contributed by atoms with Gasteiger partial charge in [-0.2, -0.15) is 10.2 Å². The molecule has 2 aromatic carbocycles. The molecule has 0 atom stereocenters. The number of carbonyl (C=O) groups excluding carboxylic acids is 1. The minimum absolute atomic E-state index is 0.117. The first kappa shape index (κ1) is 17.5. The summed E-state index contributed by atoms with van der Waals surface area (Å²) in [5.74, 6) is -1.63. The van der Waals surface area contributed by atoms with Gasteiger partial charge in [-0.3, -0.25) is 14.2 Å². The highest BCUT2D eigenvalue weighted by molar-refractivity contribution is 5.94. The van der Waals surface area contributed by atoms with E-state index in [1.165, 1.54) is 17.0 Å². The summed E-state index contributed by atoms with van der Waals surface area (Å²) in [7, 11) is 1.80. The lowest BCUT2D eigenvalue weighted by atomic mass is 9.99. The van der Waals surface area contributed by atoms with Crippen LogP contribution in [0.25, 0.3) is 22.0 Å². The van der Waals surface area contributed by atoms with Crippen molar-refractivity contribution in [1.29, 1.82) is 0 Å². The Bertz CT molecular complexity index is 1240. The first-order chi connectivity index (χ1) is 14.0. The van der Waals surface area contributed by atoms with E-state index in [1.807, 2.05) is 24.4 Å². The molecule has 0 fully saturated rings. The van der Waals surface area contributed by atoms with Gasteiger partial charge in [0.05, 0.1) is 18.6 Å². The topological polar surface area (TPSA) is 56.0 Å². The first-order valence-corrected chi connectivity index (χ1v) is 9.23. The van der Waals surface area contributed by atoms with Crippen LogP contribution in [0.4, 0.5) is 8.78 Å². The van der Waals surface area contributed by atoms with Gasteiger partial charge in [-0.25, -0.2) is 8.78 Å². The molecular weight excluding hydrogens is 376 g/mol. The number of aryl methyl sites for hydroxylation is 1. The van der Waals surface area contributed by atoms with Crippen LogP contribution in [-0.2, 0) is 20.1 Å². The predicted molar refractivity (Wildman–Crippen MR) is 103 cm³/mol. The van der Waals surface area contributed by atoms with Gasteiger partial charge in [0.2, 0.25) is 0 Å². The molecule has 5 rings (SSSR count). The summed E-state index contributed by atoms with van der Waals surface area (Å²) in [5.41, 5.74) is 2.21. The maximum Gasteiger partial charge on any atom is 0.272 e. The molecule has 0 spiro atoms. The number of amides is 1. The molecule has 0 aliphatic carbocycles. The predicted octanol–water partition coefficient (Wildman–Crippen LogP) is 3.37. The average molecular weight is 393 g/mol. The standard InChI is InChI=1S/C21H17F2N5O/c1-26-11-15-14(3-2-4-19(15)25-26)13-9-17(22)16(18(23)10-13)12-27-7-8-28-20(21(27)29)5-6-24-28/h2-6,9-11H,7-8,12H2,1H3. The zero-order chi connectivity index (χ0) is 20.1. The number of carbonyl (C=O) groups is 1. The molecule has 8 heteroatoms. The Morgan fingerprint density at radius 3 is 2.69 bits per heavy atom. The van der Waals surface area contributed by atoms with Crippen molar-refractivity contribution >= 4 is 16.8 Å². The molecule has 0 bridgehead atoms. The van der Waals surface area contributed by atoms with Gasteiger partial charge in [0, 0.05) is 36.9 Å². The van der Waals surface area contributed by atoms with E-state index >= 15 is 0 Å². The van der Waals surface area contributed by atoms with Crippen molar-refractivity contribution in [3.05, 3.63) is 71.7 Å². The Balaban J connectivity index is 1.50. The van der Waals surface area contributed by atoms with Crippen LogP contribution in [0.1, 0.15) is 16.1 Å². The lowest BCUT2D eigenvalue weighted by Gasteiger charge is -2.27. The molecule has 146 valence electrons. The molecule has 0 saturated carbocycles. The largest absolute Gasteiger partial charge is 0.331 e. The highest BCUT2D eigenvalue weighted by Gasteiger charge is 2.27. The molecule has 29 heavy (non-hydrogen) atoms. The number of fused-ring (bicyclic) bond motifs is 2. The number of halogens is 2. The van der Waals surface area contributed by atoms with Gasteiger partial charge in [-0.1, -0.05) is 12.1 Å². The molecule has 0 unspecified atom stereocenters. The Morgan fingerprint density at radius 1 is 1.10 bits per heavy atom. The molecule has 4 aromatic rings. The van der Waals surface area contributed by atoms with E-state index in [0.29, 0.717) is 29.9 Å². The van der Waals surface area contributed by atoms with E-state index in [1.54, 1.807) is 28.7 Å². The maximum atomic E-state index is 14.9. The Hall–Kier alpha value is -3.55. The van der Waals surface area contributed by atoms with Gasteiger partial charge in [0.25, 0.3) is 5.91 Å². The molecule has 1 aliphatic rings. The van der Waals surface area contributed by atoms with Crippen molar-refractivity contribution < 1.29 is 13.6 Å². The van der Waals surface area contributed by atoms with Crippen molar-refractivity contribution in [3.8, 4) is 11.1 Å². The van der Waals surface area contributed by atoms with E-state index in [-0.39, 0.29) is 18.0 Å². The second kappa shape index (κ2) is 6.51. The first-order valence-electron chi connectivity index (χ1n) is 9.23. The third-order valence-corrected chi connectivity index (χ3v) is 5.27. The smallest absolute Gasteiger partial charge is 0.272 e. The van der Waals surface area contributed by atoms with Crippen molar-refractivity contribution in [2.75, 3.05) is 6.54 Å². The average Bonchev–Trinajstić information content (AvgIpc) is 3.31. The van der Waals surface area contributed by atoms with Crippen LogP contribution in [0, 0.1) is 11.6 Å². The summed E-state index contributed by atoms with van der Waals surface area (Å²) >= 11 is 0. The highest BCUT2D eigenvalue weighted by atomic mass is 19.1. The fraction of sp³-hybridized carbons (Fsp3) is 0.190. The summed E-state index contributed by atoms with van der Waals surface area (Å²) < 4.78 is 33.1. The second-order valence-corrected chi connectivity index (χ2v) is 7.13. The molecular formula is C21H17F2N5O. The summed E-state index contributed by atoms with van der Waals surface area (Å²) in [6, 6.07) is 9.72. The van der Waals surface area contributed by atoms with Crippen LogP contribution >= 0.6 is 0 Å². The minimum atomic E-state index is -0.673. The third-order valence-electron chi connectivity index (χ3n) is 5.27. The number of aromatic nitrogens is 4. The Morgan fingerprint density at radius 2 is 1.90 bits per heavy atom. The maximum absolute atomic E-state index is 14.9. The minimum Gasteiger partial charge on any atom is -0.331 e. The van der Waals surface area contributed by atoms with Crippen molar-refractivity contribution in [3.63, 3.8) is 0 Å². The quantitative estimate of drug-likeness (QED) is 0.536. The summed E-state index contributed by atoms with van der Waals surface area (Å²) in [6.45, 7) is 0.723. The Labute approximate surface area is 165 Å². The number of hydrogen-bond donors (Lipinski definition) is 0. The van der Waals surface area contributed by atoms with Crippen LogP contribution in [0.15, 0.2) is 48.8 Å². The second-order valence-electron chi connectivity index (χ2n) is 7.13. The van der Waals surface area contributed by atoms with Crippen LogP contribution in [0.5, 0.6) is 0 Å². The van der Waals surface area contributed by atoms with Gasteiger partial charge < -0.3 is 4.90 Å². The summed E-state index contributed by atoms with van der Waals surface area (Å²) in [4.78, 5) is 14.0. The number of nitrogens with zero attached hydrogens (tertiary/aromatic N) is 5. The van der Waals surface area contributed by atoms with Crippen molar-refractivity contribution in [2.45, 2.75) is 13.1 Å².